The van der Waals surface area contributed by atoms with E-state index in [0.29, 0.717) is 12.3 Å². The fraction of sp³-hybridized carbons (Fsp3) is 0.900. The van der Waals surface area contributed by atoms with Crippen molar-refractivity contribution < 1.29 is 4.79 Å². The van der Waals surface area contributed by atoms with Crippen molar-refractivity contribution >= 4 is 5.91 Å². The van der Waals surface area contributed by atoms with Gasteiger partial charge in [0.2, 0.25) is 5.91 Å². The second-order valence-electron chi connectivity index (χ2n) is 3.71. The Labute approximate surface area is 81.0 Å². The van der Waals surface area contributed by atoms with Crippen LogP contribution in [0.4, 0.5) is 0 Å². The third-order valence-corrected chi connectivity index (χ3v) is 2.33. The molecule has 0 bridgehead atoms. The molecule has 0 rings (SSSR count). The van der Waals surface area contributed by atoms with Crippen molar-refractivity contribution in [2.24, 2.45) is 11.8 Å². The first-order chi connectivity index (χ1) is 6.20. The summed E-state index contributed by atoms with van der Waals surface area (Å²) in [6, 6.07) is 0. The van der Waals surface area contributed by atoms with Crippen LogP contribution in [-0.4, -0.2) is 5.91 Å². The molecule has 78 valence electrons. The maximum atomic E-state index is 10.8. The van der Waals surface area contributed by atoms with Crippen LogP contribution in [0.3, 0.4) is 0 Å². The summed E-state index contributed by atoms with van der Waals surface area (Å²) < 4.78 is 0. The number of hydrogen-bond donors (Lipinski definition) is 2. The molecule has 13 heavy (non-hydrogen) atoms. The Morgan fingerprint density at radius 1 is 1.38 bits per heavy atom. The van der Waals surface area contributed by atoms with E-state index in [2.05, 4.69) is 19.3 Å². The highest BCUT2D eigenvalue weighted by Gasteiger charge is 2.04. The Morgan fingerprint density at radius 3 is 2.62 bits per heavy atom. The predicted molar refractivity (Wildman–Crippen MR) is 54.9 cm³/mol. The zero-order valence-electron chi connectivity index (χ0n) is 8.81. The second kappa shape index (κ2) is 8.05. The minimum Gasteiger partial charge on any atom is -0.294 e. The van der Waals surface area contributed by atoms with E-state index in [1.165, 1.54) is 25.7 Å². The molecule has 1 amide bonds. The van der Waals surface area contributed by atoms with Gasteiger partial charge in [-0.2, -0.15) is 0 Å². The molecule has 1 atom stereocenters. The standard InChI is InChI=1S/C10H22N2O/c1-3-4-5-6-9(2)7-8-10(13)12-11/h9H,3-8,11H2,1-2H3,(H,12,13). The first-order valence-corrected chi connectivity index (χ1v) is 5.20. The molecule has 3 heteroatoms. The molecule has 0 heterocycles. The molecule has 0 aromatic rings. The van der Waals surface area contributed by atoms with Crippen LogP contribution in [0.5, 0.6) is 0 Å². The number of nitrogens with one attached hydrogen (secondary N) is 1. The fourth-order valence-electron chi connectivity index (χ4n) is 1.34. The van der Waals surface area contributed by atoms with Crippen molar-refractivity contribution in [3.63, 3.8) is 0 Å². The Balaban J connectivity index is 3.29. The van der Waals surface area contributed by atoms with Crippen molar-refractivity contribution in [1.29, 1.82) is 0 Å². The Kier molecular flexibility index (Phi) is 7.69. The first-order valence-electron chi connectivity index (χ1n) is 5.20. The summed E-state index contributed by atoms with van der Waals surface area (Å²) in [5.74, 6) is 5.57. The average Bonchev–Trinajstić information content (AvgIpc) is 2.14. The summed E-state index contributed by atoms with van der Waals surface area (Å²) in [6.07, 6.45) is 6.58. The molecular formula is C10H22N2O. The fourth-order valence-corrected chi connectivity index (χ4v) is 1.34. The van der Waals surface area contributed by atoms with Gasteiger partial charge in [-0.3, -0.25) is 10.2 Å². The zero-order valence-corrected chi connectivity index (χ0v) is 8.81. The van der Waals surface area contributed by atoms with Crippen LogP contribution < -0.4 is 11.3 Å². The quantitative estimate of drug-likeness (QED) is 0.276. The van der Waals surface area contributed by atoms with E-state index in [0.717, 1.165) is 6.42 Å². The Hall–Kier alpha value is -0.570. The highest BCUT2D eigenvalue weighted by molar-refractivity contribution is 5.75. The molecule has 0 radical (unpaired) electrons. The van der Waals surface area contributed by atoms with Crippen LogP contribution in [-0.2, 0) is 4.79 Å². The van der Waals surface area contributed by atoms with Crippen LogP contribution in [0.25, 0.3) is 0 Å². The minimum atomic E-state index is -0.0534. The number of hydrogen-bond acceptors (Lipinski definition) is 2. The van der Waals surface area contributed by atoms with Gasteiger partial charge < -0.3 is 0 Å². The summed E-state index contributed by atoms with van der Waals surface area (Å²) in [7, 11) is 0. The van der Waals surface area contributed by atoms with Gasteiger partial charge in [0.25, 0.3) is 0 Å². The summed E-state index contributed by atoms with van der Waals surface area (Å²) in [5, 5.41) is 0. The number of unbranched alkanes of at least 4 members (excludes halogenated alkanes) is 2. The lowest BCUT2D eigenvalue weighted by atomic mass is 9.98. The number of carbonyl (C=O) groups excluding carboxylic acids is 1. The minimum absolute atomic E-state index is 0.0534. The van der Waals surface area contributed by atoms with Gasteiger partial charge in [0.1, 0.15) is 0 Å². The van der Waals surface area contributed by atoms with E-state index in [-0.39, 0.29) is 5.91 Å². The van der Waals surface area contributed by atoms with Gasteiger partial charge in [-0.05, 0) is 12.3 Å². The van der Waals surface area contributed by atoms with Gasteiger partial charge in [0, 0.05) is 6.42 Å². The topological polar surface area (TPSA) is 55.1 Å². The Morgan fingerprint density at radius 2 is 2.08 bits per heavy atom. The monoisotopic (exact) mass is 186 g/mol. The maximum Gasteiger partial charge on any atom is 0.233 e. The van der Waals surface area contributed by atoms with E-state index in [4.69, 9.17) is 5.84 Å². The third kappa shape index (κ3) is 7.78. The normalized spacial score (nSPS) is 12.5. The molecule has 0 fully saturated rings. The molecule has 3 N–H and O–H groups in total. The summed E-state index contributed by atoms with van der Waals surface area (Å²) in [4.78, 5) is 10.8. The van der Waals surface area contributed by atoms with Crippen molar-refractivity contribution in [2.75, 3.05) is 0 Å². The van der Waals surface area contributed by atoms with Crippen LogP contribution in [0.1, 0.15) is 52.4 Å². The van der Waals surface area contributed by atoms with Crippen LogP contribution in [0.15, 0.2) is 0 Å². The number of rotatable bonds is 7. The Bertz CT molecular complexity index is 137. The summed E-state index contributed by atoms with van der Waals surface area (Å²) in [5.41, 5.74) is 2.15. The number of amides is 1. The van der Waals surface area contributed by atoms with Gasteiger partial charge in [-0.15, -0.1) is 0 Å². The van der Waals surface area contributed by atoms with Gasteiger partial charge in [-0.25, -0.2) is 5.84 Å². The van der Waals surface area contributed by atoms with E-state index in [1.54, 1.807) is 0 Å². The number of hydrazine groups is 1. The molecule has 0 aromatic carbocycles. The van der Waals surface area contributed by atoms with Crippen molar-refractivity contribution in [3.05, 3.63) is 0 Å². The van der Waals surface area contributed by atoms with Crippen LogP contribution >= 0.6 is 0 Å². The molecule has 0 spiro atoms. The lowest BCUT2D eigenvalue weighted by Gasteiger charge is -2.09. The van der Waals surface area contributed by atoms with Crippen molar-refractivity contribution in [3.8, 4) is 0 Å². The van der Waals surface area contributed by atoms with Crippen molar-refractivity contribution in [1.82, 2.24) is 5.43 Å². The van der Waals surface area contributed by atoms with Crippen molar-refractivity contribution in [2.45, 2.75) is 52.4 Å². The third-order valence-electron chi connectivity index (χ3n) is 2.33. The molecule has 0 aliphatic heterocycles. The summed E-state index contributed by atoms with van der Waals surface area (Å²) in [6.45, 7) is 4.39. The van der Waals surface area contributed by atoms with Gasteiger partial charge in [-0.1, -0.05) is 39.5 Å². The molecule has 3 nitrogen and oxygen atoms in total. The molecule has 0 saturated carbocycles. The lowest BCUT2D eigenvalue weighted by molar-refractivity contribution is -0.121. The number of nitrogens with two attached hydrogens (primary N) is 1. The molecule has 0 aliphatic rings. The second-order valence-corrected chi connectivity index (χ2v) is 3.71. The van der Waals surface area contributed by atoms with E-state index >= 15 is 0 Å². The highest BCUT2D eigenvalue weighted by Crippen LogP contribution is 2.14. The zero-order chi connectivity index (χ0) is 10.1. The summed E-state index contributed by atoms with van der Waals surface area (Å²) >= 11 is 0. The molecule has 0 saturated heterocycles. The molecular weight excluding hydrogens is 164 g/mol. The maximum absolute atomic E-state index is 10.8. The van der Waals surface area contributed by atoms with Gasteiger partial charge in [0.15, 0.2) is 0 Å². The van der Waals surface area contributed by atoms with E-state index < -0.39 is 0 Å². The lowest BCUT2D eigenvalue weighted by Crippen LogP contribution is -2.30. The first kappa shape index (κ1) is 12.4. The largest absolute Gasteiger partial charge is 0.294 e. The van der Waals surface area contributed by atoms with E-state index in [9.17, 15) is 4.79 Å². The smallest absolute Gasteiger partial charge is 0.233 e. The molecule has 1 unspecified atom stereocenters. The predicted octanol–water partition coefficient (Wildman–Crippen LogP) is 1.97. The SMILES string of the molecule is CCCCCC(C)CCC(=O)NN. The average molecular weight is 186 g/mol. The molecule has 0 aromatic heterocycles. The van der Waals surface area contributed by atoms with Crippen LogP contribution in [0.2, 0.25) is 0 Å². The number of carbonyl (C=O) groups is 1. The van der Waals surface area contributed by atoms with Gasteiger partial charge >= 0.3 is 0 Å². The van der Waals surface area contributed by atoms with E-state index in [1.807, 2.05) is 0 Å². The highest BCUT2D eigenvalue weighted by atomic mass is 16.2. The molecule has 0 aliphatic carbocycles. The van der Waals surface area contributed by atoms with Gasteiger partial charge in [0.05, 0.1) is 0 Å². The van der Waals surface area contributed by atoms with Crippen LogP contribution in [0, 0.1) is 5.92 Å².